The Morgan fingerprint density at radius 3 is 2.41 bits per heavy atom. The summed E-state index contributed by atoms with van der Waals surface area (Å²) in [5, 5.41) is 2.04. The fourth-order valence-electron chi connectivity index (χ4n) is 5.01. The third kappa shape index (κ3) is 6.49. The van der Waals surface area contributed by atoms with Crippen LogP contribution in [0.3, 0.4) is 0 Å². The van der Waals surface area contributed by atoms with Crippen LogP contribution in [0.4, 0.5) is 4.79 Å². The number of fused-ring (bicyclic) bond motifs is 1. The molecule has 2 aromatic rings. The number of esters is 1. The maximum absolute atomic E-state index is 13.5. The van der Waals surface area contributed by atoms with Crippen LogP contribution in [0.25, 0.3) is 0 Å². The molecular formula is C32H33N3O8S. The van der Waals surface area contributed by atoms with Crippen LogP contribution in [0.2, 0.25) is 0 Å². The first kappa shape index (κ1) is 30.9. The number of benzene rings is 2. The monoisotopic (exact) mass is 619 g/mol. The van der Waals surface area contributed by atoms with Gasteiger partial charge in [0.25, 0.3) is 17.7 Å². The zero-order chi connectivity index (χ0) is 31.6. The number of hydrogen-bond donors (Lipinski definition) is 1. The van der Waals surface area contributed by atoms with Crippen molar-refractivity contribution < 1.29 is 38.2 Å². The lowest BCUT2D eigenvalue weighted by molar-refractivity contribution is -0.152. The van der Waals surface area contributed by atoms with Gasteiger partial charge in [0.2, 0.25) is 0 Å². The van der Waals surface area contributed by atoms with E-state index in [9.17, 15) is 24.0 Å². The van der Waals surface area contributed by atoms with E-state index in [4.69, 9.17) is 14.2 Å². The molecule has 1 N–H and O–H groups in total. The van der Waals surface area contributed by atoms with Crippen LogP contribution >= 0.6 is 11.8 Å². The molecule has 11 nitrogen and oxygen atoms in total. The Hall–Kier alpha value is -4.58. The highest BCUT2D eigenvalue weighted by Gasteiger charge is 2.54. The third-order valence-electron chi connectivity index (χ3n) is 7.13. The van der Waals surface area contributed by atoms with Crippen LogP contribution in [0.15, 0.2) is 77.5 Å². The van der Waals surface area contributed by atoms with E-state index in [1.54, 1.807) is 51.1 Å². The molecule has 2 aromatic carbocycles. The quantitative estimate of drug-likeness (QED) is 0.213. The average Bonchev–Trinajstić information content (AvgIpc) is 3.37. The lowest BCUT2D eigenvalue weighted by Crippen LogP contribution is -2.70. The van der Waals surface area contributed by atoms with Crippen LogP contribution in [0.1, 0.15) is 43.1 Å². The number of nitrogens with one attached hydrogen (secondary N) is 1. The number of nitrogens with zero attached hydrogens (tertiary/aromatic N) is 2. The van der Waals surface area contributed by atoms with Crippen LogP contribution in [-0.4, -0.2) is 76.0 Å². The highest BCUT2D eigenvalue weighted by atomic mass is 32.2. The number of carbonyl (C=O) groups is 5. The van der Waals surface area contributed by atoms with Gasteiger partial charge in [0, 0.05) is 23.4 Å². The van der Waals surface area contributed by atoms with Crippen LogP contribution in [-0.2, 0) is 30.5 Å². The molecule has 2 saturated heterocycles. The molecule has 230 valence electrons. The maximum Gasteiger partial charge on any atom is 0.408 e. The molecule has 3 aliphatic rings. The molecule has 12 heteroatoms. The molecule has 2 atom stereocenters. The standard InChI is InChI=1S/C32H33N3O8S/c1-32(2,3)43-31(40)33-24-28(38)35-25(30(39)42-17-19-8-6-5-7-9-19)22(18-44-29(24)35)16-21-14-15-34(27(21)37)26(36)20-10-12-23(41-4)13-11-20/h5-13,16,24,29H,14-15,17-18H2,1-4H3,(H,33,40)/b21-16+/t24-,29-/m1/s1. The average molecular weight is 620 g/mol. The Balaban J connectivity index is 1.39. The summed E-state index contributed by atoms with van der Waals surface area (Å²) in [4.78, 5) is 68.1. The van der Waals surface area contributed by atoms with E-state index in [0.717, 1.165) is 10.5 Å². The van der Waals surface area contributed by atoms with E-state index in [1.165, 1.54) is 23.8 Å². The predicted octanol–water partition coefficient (Wildman–Crippen LogP) is 3.80. The Morgan fingerprint density at radius 2 is 1.75 bits per heavy atom. The van der Waals surface area contributed by atoms with E-state index < -0.39 is 46.8 Å². The molecule has 44 heavy (non-hydrogen) atoms. The number of hydrogen-bond acceptors (Lipinski definition) is 9. The number of thioether (sulfide) groups is 1. The molecule has 3 heterocycles. The van der Waals surface area contributed by atoms with E-state index in [2.05, 4.69) is 5.32 Å². The number of β-lactam (4-membered cyclic amide) rings is 1. The number of carbonyl (C=O) groups excluding carboxylic acids is 5. The third-order valence-corrected chi connectivity index (χ3v) is 8.43. The van der Waals surface area contributed by atoms with Crippen molar-refractivity contribution in [3.05, 3.63) is 88.6 Å². The molecule has 0 aromatic heterocycles. The number of likely N-dealkylation sites (tertiary alicyclic amines) is 1. The number of rotatable bonds is 7. The van der Waals surface area contributed by atoms with Crippen molar-refractivity contribution in [1.29, 1.82) is 0 Å². The van der Waals surface area contributed by atoms with Crippen molar-refractivity contribution in [2.75, 3.05) is 19.4 Å². The van der Waals surface area contributed by atoms with Gasteiger partial charge in [0.05, 0.1) is 7.11 Å². The van der Waals surface area contributed by atoms with Crippen molar-refractivity contribution in [3.63, 3.8) is 0 Å². The van der Waals surface area contributed by atoms with Gasteiger partial charge in [-0.05, 0) is 68.7 Å². The molecular weight excluding hydrogens is 586 g/mol. The first-order valence-corrected chi connectivity index (χ1v) is 15.1. The zero-order valence-corrected chi connectivity index (χ0v) is 25.6. The van der Waals surface area contributed by atoms with Gasteiger partial charge in [-0.3, -0.25) is 24.2 Å². The van der Waals surface area contributed by atoms with Crippen molar-refractivity contribution in [2.24, 2.45) is 0 Å². The number of amides is 4. The summed E-state index contributed by atoms with van der Waals surface area (Å²) in [6.45, 7) is 5.31. The van der Waals surface area contributed by atoms with Gasteiger partial charge in [-0.25, -0.2) is 9.59 Å². The number of ether oxygens (including phenoxy) is 3. The lowest BCUT2D eigenvalue weighted by Gasteiger charge is -2.49. The Morgan fingerprint density at radius 1 is 1.05 bits per heavy atom. The van der Waals surface area contributed by atoms with Crippen LogP contribution in [0.5, 0.6) is 5.75 Å². The first-order valence-electron chi connectivity index (χ1n) is 14.1. The SMILES string of the molecule is COc1ccc(C(=O)N2CC/C(=C\C3=C(C(=O)OCc4ccccc4)N4C(=O)[C@@H](NC(=O)OC(C)(C)C)[C@H]4SC3)C2=O)cc1. The van der Waals surface area contributed by atoms with Gasteiger partial charge < -0.3 is 19.5 Å². The Kier molecular flexibility index (Phi) is 8.82. The van der Waals surface area contributed by atoms with Gasteiger partial charge in [-0.2, -0.15) is 0 Å². The van der Waals surface area contributed by atoms with E-state index in [0.29, 0.717) is 22.5 Å². The fourth-order valence-corrected chi connectivity index (χ4v) is 6.32. The molecule has 0 saturated carbocycles. The second-order valence-electron chi connectivity index (χ2n) is 11.4. The maximum atomic E-state index is 13.5. The minimum absolute atomic E-state index is 0.0113. The summed E-state index contributed by atoms with van der Waals surface area (Å²) in [6.07, 6.45) is 1.12. The second kappa shape index (κ2) is 12.6. The molecule has 0 radical (unpaired) electrons. The van der Waals surface area contributed by atoms with E-state index >= 15 is 0 Å². The summed E-state index contributed by atoms with van der Waals surface area (Å²) in [7, 11) is 1.52. The molecule has 0 spiro atoms. The molecule has 3 aliphatic heterocycles. The number of allylic oxidation sites excluding steroid dienone is 1. The van der Waals surface area contributed by atoms with Gasteiger partial charge in [0.1, 0.15) is 35.1 Å². The minimum Gasteiger partial charge on any atom is -0.497 e. The largest absolute Gasteiger partial charge is 0.497 e. The highest BCUT2D eigenvalue weighted by molar-refractivity contribution is 8.00. The van der Waals surface area contributed by atoms with Crippen molar-refractivity contribution in [2.45, 2.75) is 50.8 Å². The Labute approximate surface area is 259 Å². The number of methoxy groups -OCH3 is 1. The normalized spacial score (nSPS) is 20.7. The fraction of sp³-hybridized carbons (Fsp3) is 0.344. The molecule has 0 aliphatic carbocycles. The zero-order valence-electron chi connectivity index (χ0n) is 24.8. The molecule has 4 amide bonds. The summed E-state index contributed by atoms with van der Waals surface area (Å²) in [5.41, 5.74) is 1.13. The topological polar surface area (TPSA) is 132 Å². The van der Waals surface area contributed by atoms with Crippen LogP contribution < -0.4 is 10.1 Å². The molecule has 2 fully saturated rings. The summed E-state index contributed by atoms with van der Waals surface area (Å²) in [6, 6.07) is 14.7. The predicted molar refractivity (Wildman–Crippen MR) is 161 cm³/mol. The van der Waals surface area contributed by atoms with E-state index in [1.807, 2.05) is 30.3 Å². The lowest BCUT2D eigenvalue weighted by atomic mass is 10.0. The number of imide groups is 1. The minimum atomic E-state index is -0.897. The van der Waals surface area contributed by atoms with Crippen LogP contribution in [0, 0.1) is 0 Å². The van der Waals surface area contributed by atoms with Gasteiger partial charge in [-0.1, -0.05) is 30.3 Å². The Bertz CT molecular complexity index is 1550. The highest BCUT2D eigenvalue weighted by Crippen LogP contribution is 2.42. The number of alkyl carbamates (subject to hydrolysis) is 1. The smallest absolute Gasteiger partial charge is 0.408 e. The van der Waals surface area contributed by atoms with E-state index in [-0.39, 0.29) is 31.0 Å². The van der Waals surface area contributed by atoms with Gasteiger partial charge in [-0.15, -0.1) is 11.8 Å². The van der Waals surface area contributed by atoms with Gasteiger partial charge >= 0.3 is 12.1 Å². The van der Waals surface area contributed by atoms with Crippen molar-refractivity contribution >= 4 is 41.5 Å². The van der Waals surface area contributed by atoms with Crippen molar-refractivity contribution in [3.8, 4) is 5.75 Å². The second-order valence-corrected chi connectivity index (χ2v) is 12.5. The van der Waals surface area contributed by atoms with Gasteiger partial charge in [0.15, 0.2) is 0 Å². The molecule has 0 unspecified atom stereocenters. The summed E-state index contributed by atoms with van der Waals surface area (Å²) < 4.78 is 16.1. The molecule has 5 rings (SSSR count). The molecule has 0 bridgehead atoms. The van der Waals surface area contributed by atoms with Crippen molar-refractivity contribution in [1.82, 2.24) is 15.1 Å². The first-order chi connectivity index (χ1) is 21.0. The summed E-state index contributed by atoms with van der Waals surface area (Å²) in [5.74, 6) is -1.28. The summed E-state index contributed by atoms with van der Waals surface area (Å²) >= 11 is 1.34.